The molecule has 1 atom stereocenters. The van der Waals surface area contributed by atoms with E-state index in [1.165, 1.54) is 17.0 Å². The fourth-order valence-electron chi connectivity index (χ4n) is 3.02. The Labute approximate surface area is 178 Å². The molecule has 9 heteroatoms. The first kappa shape index (κ1) is 22.3. The molecular weight excluding hydrogens is 427 g/mol. The minimum Gasteiger partial charge on any atom is -0.508 e. The first-order valence-electron chi connectivity index (χ1n) is 8.36. The van der Waals surface area contributed by atoms with Gasteiger partial charge < -0.3 is 20.4 Å². The second-order valence-electron chi connectivity index (χ2n) is 6.35. The first-order valence-corrected chi connectivity index (χ1v) is 9.12. The number of hydrogen-bond acceptors (Lipinski definition) is 4. The van der Waals surface area contributed by atoms with Crippen molar-refractivity contribution < 1.29 is 19.8 Å². The second kappa shape index (κ2) is 9.47. The number of hydrogen-bond donors (Lipinski definition) is 3. The number of phenolic OH excluding ortho intramolecular Hbond substituents is 1. The standard InChI is InChI=1S/C19H18Cl2N2O4.ClH/c20-14-2-1-3-15(21)17(14)18(25)23(12-9-22-10-12)16(19(26)27)8-11-4-6-13(24)7-5-11;/h1-7,12,16,22,24H,8-10H2,(H,26,27);1H/t16-;/m0./s1. The zero-order valence-corrected chi connectivity index (χ0v) is 17.0. The van der Waals surface area contributed by atoms with Gasteiger partial charge in [0.1, 0.15) is 11.8 Å². The molecule has 2 aromatic carbocycles. The van der Waals surface area contributed by atoms with Crippen LogP contribution in [-0.4, -0.2) is 52.2 Å². The topological polar surface area (TPSA) is 89.9 Å². The average molecular weight is 446 g/mol. The van der Waals surface area contributed by atoms with Crippen LogP contribution < -0.4 is 5.32 Å². The smallest absolute Gasteiger partial charge is 0.326 e. The maximum absolute atomic E-state index is 13.2. The Balaban J connectivity index is 0.00000280. The lowest BCUT2D eigenvalue weighted by Gasteiger charge is -2.41. The van der Waals surface area contributed by atoms with Crippen LogP contribution in [0.1, 0.15) is 15.9 Å². The SMILES string of the molecule is Cl.O=C(O)[C@H](Cc1ccc(O)cc1)N(C(=O)c1c(Cl)cccc1Cl)C1CNC1. The van der Waals surface area contributed by atoms with Gasteiger partial charge in [0.2, 0.25) is 0 Å². The van der Waals surface area contributed by atoms with Crippen LogP contribution in [0.15, 0.2) is 42.5 Å². The molecule has 0 radical (unpaired) electrons. The van der Waals surface area contributed by atoms with Crippen LogP contribution in [0.2, 0.25) is 10.0 Å². The van der Waals surface area contributed by atoms with Gasteiger partial charge >= 0.3 is 5.97 Å². The van der Waals surface area contributed by atoms with Crippen LogP contribution in [0.3, 0.4) is 0 Å². The van der Waals surface area contributed by atoms with Crippen LogP contribution in [-0.2, 0) is 11.2 Å². The molecule has 6 nitrogen and oxygen atoms in total. The zero-order valence-electron chi connectivity index (χ0n) is 14.6. The van der Waals surface area contributed by atoms with E-state index >= 15 is 0 Å². The van der Waals surface area contributed by atoms with Gasteiger partial charge in [0, 0.05) is 19.5 Å². The molecule has 1 saturated heterocycles. The zero-order chi connectivity index (χ0) is 19.6. The Morgan fingerprint density at radius 1 is 1.11 bits per heavy atom. The Morgan fingerprint density at radius 3 is 2.14 bits per heavy atom. The van der Waals surface area contributed by atoms with Gasteiger partial charge in [-0.1, -0.05) is 41.4 Å². The monoisotopic (exact) mass is 444 g/mol. The summed E-state index contributed by atoms with van der Waals surface area (Å²) in [5, 5.41) is 22.7. The minimum absolute atomic E-state index is 0. The highest BCUT2D eigenvalue weighted by Crippen LogP contribution is 2.28. The lowest BCUT2D eigenvalue weighted by atomic mass is 9.99. The summed E-state index contributed by atoms with van der Waals surface area (Å²) in [6.45, 7) is 0.986. The van der Waals surface area contributed by atoms with Crippen molar-refractivity contribution in [2.24, 2.45) is 0 Å². The van der Waals surface area contributed by atoms with Crippen molar-refractivity contribution in [2.75, 3.05) is 13.1 Å². The van der Waals surface area contributed by atoms with Crippen molar-refractivity contribution in [2.45, 2.75) is 18.5 Å². The summed E-state index contributed by atoms with van der Waals surface area (Å²) in [4.78, 5) is 26.6. The van der Waals surface area contributed by atoms with Crippen molar-refractivity contribution in [3.05, 3.63) is 63.6 Å². The van der Waals surface area contributed by atoms with Gasteiger partial charge in [0.05, 0.1) is 21.7 Å². The van der Waals surface area contributed by atoms with Gasteiger partial charge in [0.15, 0.2) is 0 Å². The number of amides is 1. The number of carbonyl (C=O) groups is 2. The first-order chi connectivity index (χ1) is 12.9. The molecule has 0 aromatic heterocycles. The predicted molar refractivity (Wildman–Crippen MR) is 110 cm³/mol. The molecule has 1 aliphatic rings. The van der Waals surface area contributed by atoms with E-state index in [4.69, 9.17) is 23.2 Å². The lowest BCUT2D eigenvalue weighted by Crippen LogP contribution is -2.63. The molecule has 0 unspecified atom stereocenters. The highest BCUT2D eigenvalue weighted by molar-refractivity contribution is 6.39. The molecule has 3 N–H and O–H groups in total. The largest absolute Gasteiger partial charge is 0.508 e. The highest BCUT2D eigenvalue weighted by Gasteiger charge is 2.39. The quantitative estimate of drug-likeness (QED) is 0.635. The van der Waals surface area contributed by atoms with Crippen LogP contribution >= 0.6 is 35.6 Å². The Bertz CT molecular complexity index is 837. The predicted octanol–water partition coefficient (Wildman–Crippen LogP) is 3.23. The van der Waals surface area contributed by atoms with E-state index in [0.717, 1.165) is 0 Å². The van der Waals surface area contributed by atoms with E-state index in [1.807, 2.05) is 0 Å². The molecule has 0 bridgehead atoms. The molecule has 28 heavy (non-hydrogen) atoms. The summed E-state index contributed by atoms with van der Waals surface area (Å²) < 4.78 is 0. The van der Waals surface area contributed by atoms with Crippen molar-refractivity contribution >= 4 is 47.5 Å². The maximum atomic E-state index is 13.2. The molecule has 1 amide bonds. The molecule has 1 fully saturated rings. The Morgan fingerprint density at radius 2 is 1.68 bits per heavy atom. The van der Waals surface area contributed by atoms with Crippen molar-refractivity contribution in [1.29, 1.82) is 0 Å². The third kappa shape index (κ3) is 4.70. The highest BCUT2D eigenvalue weighted by atomic mass is 35.5. The summed E-state index contributed by atoms with van der Waals surface area (Å²) in [6.07, 6.45) is 0.0971. The normalized spacial score (nSPS) is 14.5. The lowest BCUT2D eigenvalue weighted by molar-refractivity contribution is -0.143. The number of aliphatic carboxylic acids is 1. The molecule has 0 aliphatic carbocycles. The van der Waals surface area contributed by atoms with Gasteiger partial charge in [-0.3, -0.25) is 4.79 Å². The molecule has 0 spiro atoms. The fraction of sp³-hybridized carbons (Fsp3) is 0.263. The number of carbonyl (C=O) groups excluding carboxylic acids is 1. The Hall–Kier alpha value is -1.99. The van der Waals surface area contributed by atoms with Crippen LogP contribution in [0.5, 0.6) is 5.75 Å². The minimum atomic E-state index is -1.12. The van der Waals surface area contributed by atoms with Crippen molar-refractivity contribution in [3.63, 3.8) is 0 Å². The summed E-state index contributed by atoms with van der Waals surface area (Å²) in [6, 6.07) is 9.59. The van der Waals surface area contributed by atoms with Gasteiger partial charge in [-0.25, -0.2) is 4.79 Å². The summed E-state index contributed by atoms with van der Waals surface area (Å²) in [5.41, 5.74) is 0.792. The van der Waals surface area contributed by atoms with Gasteiger partial charge in [0.25, 0.3) is 5.91 Å². The molecule has 1 heterocycles. The van der Waals surface area contributed by atoms with E-state index in [9.17, 15) is 19.8 Å². The average Bonchev–Trinajstić information content (AvgIpc) is 2.57. The van der Waals surface area contributed by atoms with E-state index in [-0.39, 0.29) is 46.2 Å². The molecular formula is C19H19Cl3N2O4. The number of phenols is 1. The number of halogens is 3. The number of carboxylic acids is 1. The maximum Gasteiger partial charge on any atom is 0.326 e. The molecule has 1 aliphatic heterocycles. The number of rotatable bonds is 6. The van der Waals surface area contributed by atoms with Gasteiger partial charge in [-0.2, -0.15) is 0 Å². The van der Waals surface area contributed by atoms with E-state index in [2.05, 4.69) is 5.32 Å². The number of nitrogens with zero attached hydrogens (tertiary/aromatic N) is 1. The second-order valence-corrected chi connectivity index (χ2v) is 7.16. The van der Waals surface area contributed by atoms with Gasteiger partial charge in [-0.05, 0) is 29.8 Å². The molecule has 150 valence electrons. The number of benzene rings is 2. The van der Waals surface area contributed by atoms with E-state index < -0.39 is 17.9 Å². The van der Waals surface area contributed by atoms with Crippen molar-refractivity contribution in [3.8, 4) is 5.75 Å². The van der Waals surface area contributed by atoms with Crippen LogP contribution in [0.25, 0.3) is 0 Å². The molecule has 0 saturated carbocycles. The molecule has 3 rings (SSSR count). The third-order valence-electron chi connectivity index (χ3n) is 4.55. The number of carboxylic acid groups (broad SMARTS) is 1. The summed E-state index contributed by atoms with van der Waals surface area (Å²) in [5.74, 6) is -1.54. The summed E-state index contributed by atoms with van der Waals surface area (Å²) in [7, 11) is 0. The summed E-state index contributed by atoms with van der Waals surface area (Å²) >= 11 is 12.3. The van der Waals surface area contributed by atoms with E-state index in [1.54, 1.807) is 30.3 Å². The van der Waals surface area contributed by atoms with Gasteiger partial charge in [-0.15, -0.1) is 12.4 Å². The number of nitrogens with one attached hydrogen (secondary N) is 1. The van der Waals surface area contributed by atoms with E-state index in [0.29, 0.717) is 18.7 Å². The van der Waals surface area contributed by atoms with Crippen molar-refractivity contribution in [1.82, 2.24) is 10.2 Å². The Kier molecular flexibility index (Phi) is 7.55. The molecule has 2 aromatic rings. The third-order valence-corrected chi connectivity index (χ3v) is 5.18. The fourth-order valence-corrected chi connectivity index (χ4v) is 3.58. The number of aromatic hydroxyl groups is 1. The van der Waals surface area contributed by atoms with Crippen LogP contribution in [0, 0.1) is 0 Å². The van der Waals surface area contributed by atoms with Crippen LogP contribution in [0.4, 0.5) is 0 Å².